The molecule has 0 unspecified atom stereocenters. The Labute approximate surface area is 196 Å². The van der Waals surface area contributed by atoms with Gasteiger partial charge in [-0.1, -0.05) is 23.7 Å². The Kier molecular flexibility index (Phi) is 6.07. The number of fused-ring (bicyclic) bond motifs is 1. The lowest BCUT2D eigenvalue weighted by Gasteiger charge is -2.42. The average Bonchev–Trinajstić information content (AvgIpc) is 3.12. The average molecular weight is 494 g/mol. The predicted octanol–water partition coefficient (Wildman–Crippen LogP) is 4.40. The molecule has 32 heavy (non-hydrogen) atoms. The van der Waals surface area contributed by atoms with E-state index in [4.69, 9.17) is 11.6 Å². The van der Waals surface area contributed by atoms with Crippen molar-refractivity contribution < 1.29 is 13.5 Å². The molecule has 2 N–H and O–H groups in total. The van der Waals surface area contributed by atoms with Crippen LogP contribution in [0.4, 0.5) is 11.5 Å². The summed E-state index contributed by atoms with van der Waals surface area (Å²) in [4.78, 5) is 5.36. The molecule has 1 aliphatic carbocycles. The van der Waals surface area contributed by atoms with Gasteiger partial charge in [-0.25, -0.2) is 9.19 Å². The molecule has 2 aromatic rings. The number of rotatable bonds is 5. The van der Waals surface area contributed by atoms with E-state index in [2.05, 4.69) is 26.8 Å². The number of pyridine rings is 1. The third kappa shape index (κ3) is 4.34. The third-order valence-corrected chi connectivity index (χ3v) is 11.0. The summed E-state index contributed by atoms with van der Waals surface area (Å²) in [7, 11) is -3.50. The van der Waals surface area contributed by atoms with Gasteiger partial charge in [-0.05, 0) is 55.7 Å². The molecule has 1 saturated heterocycles. The van der Waals surface area contributed by atoms with Gasteiger partial charge in [-0.2, -0.15) is 4.36 Å². The molecule has 0 spiro atoms. The van der Waals surface area contributed by atoms with Crippen molar-refractivity contribution in [3.63, 3.8) is 0 Å². The van der Waals surface area contributed by atoms with Crippen molar-refractivity contribution in [3.05, 3.63) is 46.6 Å². The fourth-order valence-electron chi connectivity index (χ4n) is 4.87. The van der Waals surface area contributed by atoms with Crippen LogP contribution in [0.25, 0.3) is 0 Å². The van der Waals surface area contributed by atoms with Crippen molar-refractivity contribution >= 4 is 43.6 Å². The summed E-state index contributed by atoms with van der Waals surface area (Å²) in [6.45, 7) is 0.0338. The van der Waals surface area contributed by atoms with Gasteiger partial charge in [0.1, 0.15) is 0 Å². The van der Waals surface area contributed by atoms with E-state index in [-0.39, 0.29) is 12.1 Å². The fraction of sp³-hybridized carbons (Fsp3) is 0.522. The Morgan fingerprint density at radius 1 is 1.25 bits per heavy atom. The first-order chi connectivity index (χ1) is 15.4. The Balaban J connectivity index is 1.41. The highest BCUT2D eigenvalue weighted by Gasteiger charge is 2.38. The van der Waals surface area contributed by atoms with Crippen molar-refractivity contribution in [2.24, 2.45) is 4.36 Å². The van der Waals surface area contributed by atoms with E-state index in [9.17, 15) is 13.5 Å². The van der Waals surface area contributed by atoms with Crippen LogP contribution in [0.5, 0.6) is 0 Å². The molecule has 0 radical (unpaired) electrons. The van der Waals surface area contributed by atoms with Gasteiger partial charge in [0.2, 0.25) is 0 Å². The minimum absolute atomic E-state index is 0.0338. The molecule has 3 aliphatic rings. The standard InChI is InChI=1S/C23H28ClN3O3S2/c24-18-4-2-16(3-5-18)17-7-12-32(30,13-8-17)27-21-14-20(26-23(15-28)9-1-10-23)22-19(25-21)6-11-31(22)29/h2-5,14,17,28H,1,6-13,15H2,(H,25,26)/t17?,31-,32?/m1/s1. The molecule has 0 amide bonds. The van der Waals surface area contributed by atoms with E-state index in [0.29, 0.717) is 35.4 Å². The second-order valence-corrected chi connectivity index (χ2v) is 13.6. The number of hydrogen-bond acceptors (Lipinski definition) is 6. The van der Waals surface area contributed by atoms with Crippen LogP contribution < -0.4 is 5.32 Å². The van der Waals surface area contributed by atoms with Crippen molar-refractivity contribution in [2.75, 3.05) is 29.2 Å². The van der Waals surface area contributed by atoms with Crippen LogP contribution in [-0.4, -0.2) is 47.9 Å². The molecule has 1 atom stereocenters. The Bertz CT molecular complexity index is 1150. The SMILES string of the molecule is O=[S@@]1CCc2nc(N=S3(=O)CCC(c4ccc(Cl)cc4)CC3)cc(NC3(CO)CCC3)c21. The topological polar surface area (TPSA) is 91.7 Å². The van der Waals surface area contributed by atoms with E-state index in [1.54, 1.807) is 6.07 Å². The Morgan fingerprint density at radius 3 is 2.59 bits per heavy atom. The van der Waals surface area contributed by atoms with Gasteiger partial charge >= 0.3 is 0 Å². The molecule has 9 heteroatoms. The van der Waals surface area contributed by atoms with Crippen LogP contribution in [0.2, 0.25) is 5.02 Å². The van der Waals surface area contributed by atoms with Crippen LogP contribution in [0, 0.1) is 0 Å². The second-order valence-electron chi connectivity index (χ2n) is 9.12. The number of hydrogen-bond donors (Lipinski definition) is 2. The number of halogens is 1. The summed E-state index contributed by atoms with van der Waals surface area (Å²) < 4.78 is 30.8. The largest absolute Gasteiger partial charge is 0.394 e. The zero-order valence-corrected chi connectivity index (χ0v) is 20.3. The van der Waals surface area contributed by atoms with Crippen molar-refractivity contribution in [1.82, 2.24) is 4.98 Å². The molecular weight excluding hydrogens is 466 g/mol. The predicted molar refractivity (Wildman–Crippen MR) is 130 cm³/mol. The van der Waals surface area contributed by atoms with Crippen molar-refractivity contribution in [1.29, 1.82) is 0 Å². The Morgan fingerprint density at radius 2 is 1.97 bits per heavy atom. The lowest BCUT2D eigenvalue weighted by Crippen LogP contribution is -2.48. The number of anilines is 1. The number of benzene rings is 1. The van der Waals surface area contributed by atoms with Gasteiger partial charge in [0.25, 0.3) is 0 Å². The van der Waals surface area contributed by atoms with E-state index >= 15 is 0 Å². The number of aryl methyl sites for hydroxylation is 1. The summed E-state index contributed by atoms with van der Waals surface area (Å²) in [5.41, 5.74) is 2.38. The number of nitrogens with zero attached hydrogens (tertiary/aromatic N) is 2. The van der Waals surface area contributed by atoms with E-state index in [1.165, 1.54) is 5.56 Å². The maximum atomic E-state index is 13.5. The molecule has 1 aromatic carbocycles. The van der Waals surface area contributed by atoms with Gasteiger partial charge < -0.3 is 10.4 Å². The highest BCUT2D eigenvalue weighted by atomic mass is 35.5. The first-order valence-electron chi connectivity index (χ1n) is 11.2. The molecule has 172 valence electrons. The molecule has 5 rings (SSSR count). The number of aromatic nitrogens is 1. The van der Waals surface area contributed by atoms with Gasteiger partial charge in [-0.3, -0.25) is 4.21 Å². The number of nitrogens with one attached hydrogen (secondary N) is 1. The van der Waals surface area contributed by atoms with Crippen LogP contribution in [-0.2, 0) is 26.9 Å². The van der Waals surface area contributed by atoms with Gasteiger partial charge in [0.15, 0.2) is 5.82 Å². The maximum absolute atomic E-state index is 13.5. The monoisotopic (exact) mass is 493 g/mol. The van der Waals surface area contributed by atoms with Crippen LogP contribution in [0.15, 0.2) is 39.6 Å². The van der Waals surface area contributed by atoms with Crippen molar-refractivity contribution in [3.8, 4) is 0 Å². The first kappa shape index (κ1) is 22.3. The van der Waals surface area contributed by atoms with Gasteiger partial charge in [-0.15, -0.1) is 0 Å². The fourth-order valence-corrected chi connectivity index (χ4v) is 8.47. The molecule has 3 heterocycles. The zero-order valence-electron chi connectivity index (χ0n) is 17.9. The first-order valence-corrected chi connectivity index (χ1v) is 14.7. The number of aliphatic hydroxyl groups excluding tert-OH is 1. The highest BCUT2D eigenvalue weighted by molar-refractivity contribution is 7.93. The lowest BCUT2D eigenvalue weighted by atomic mass is 9.77. The van der Waals surface area contributed by atoms with Gasteiger partial charge in [0, 0.05) is 34.8 Å². The van der Waals surface area contributed by atoms with Crippen LogP contribution in [0.3, 0.4) is 0 Å². The van der Waals surface area contributed by atoms with E-state index in [1.807, 2.05) is 12.1 Å². The quantitative estimate of drug-likeness (QED) is 0.644. The maximum Gasteiger partial charge on any atom is 0.163 e. The highest BCUT2D eigenvalue weighted by Crippen LogP contribution is 2.40. The lowest BCUT2D eigenvalue weighted by molar-refractivity contribution is 0.144. The molecule has 1 aromatic heterocycles. The zero-order chi connectivity index (χ0) is 22.3. The minimum atomic E-state index is -2.40. The van der Waals surface area contributed by atoms with E-state index < -0.39 is 20.5 Å². The van der Waals surface area contributed by atoms with Gasteiger partial charge in [0.05, 0.1) is 49.0 Å². The second kappa shape index (κ2) is 8.70. The summed E-state index contributed by atoms with van der Waals surface area (Å²) >= 11 is 6.00. The number of aliphatic hydroxyl groups is 1. The van der Waals surface area contributed by atoms with Crippen LogP contribution >= 0.6 is 11.6 Å². The molecule has 2 aliphatic heterocycles. The van der Waals surface area contributed by atoms with Crippen molar-refractivity contribution in [2.45, 2.75) is 54.9 Å². The summed E-state index contributed by atoms with van der Waals surface area (Å²) in [6, 6.07) is 9.70. The summed E-state index contributed by atoms with van der Waals surface area (Å²) in [5, 5.41) is 14.1. The molecule has 0 bridgehead atoms. The molecule has 2 fully saturated rings. The molecule has 1 saturated carbocycles. The molecular formula is C23H28ClN3O3S2. The minimum Gasteiger partial charge on any atom is -0.394 e. The Hall–Kier alpha value is -1.48. The van der Waals surface area contributed by atoms with Crippen LogP contribution in [0.1, 0.15) is 49.3 Å². The normalized spacial score (nSPS) is 28.6. The smallest absolute Gasteiger partial charge is 0.163 e. The summed E-state index contributed by atoms with van der Waals surface area (Å²) in [5.74, 6) is 2.44. The molecule has 6 nitrogen and oxygen atoms in total. The van der Waals surface area contributed by atoms with E-state index in [0.717, 1.165) is 53.4 Å². The summed E-state index contributed by atoms with van der Waals surface area (Å²) in [6.07, 6.45) is 5.08. The third-order valence-electron chi connectivity index (χ3n) is 6.97.